The van der Waals surface area contributed by atoms with Crippen LogP contribution in [0.3, 0.4) is 0 Å². The normalized spacial score (nSPS) is 16.2. The fraction of sp³-hybridized carbons (Fsp3) is 0.167. The van der Waals surface area contributed by atoms with Crippen molar-refractivity contribution in [2.24, 2.45) is 0 Å². The number of aryl methyl sites for hydroxylation is 1. The summed E-state index contributed by atoms with van der Waals surface area (Å²) in [6, 6.07) is 7.05. The van der Waals surface area contributed by atoms with Gasteiger partial charge in [-0.2, -0.15) is 14.3 Å². The lowest BCUT2D eigenvalue weighted by Crippen LogP contribution is -2.26. The highest BCUT2D eigenvalue weighted by atomic mass is 19.1. The molecule has 4 heterocycles. The Kier molecular flexibility index (Phi) is 3.48. The van der Waals surface area contributed by atoms with Gasteiger partial charge in [-0.1, -0.05) is 6.07 Å². The van der Waals surface area contributed by atoms with Gasteiger partial charge in [0.15, 0.2) is 11.5 Å². The molecule has 10 heteroatoms. The summed E-state index contributed by atoms with van der Waals surface area (Å²) in [5.41, 5.74) is 1.53. The van der Waals surface area contributed by atoms with Crippen LogP contribution >= 0.6 is 0 Å². The molecule has 1 aliphatic rings. The molecule has 1 amide bonds. The average Bonchev–Trinajstić information content (AvgIpc) is 3.25. The molecule has 1 N–H and O–H groups in total. The second-order valence-electron chi connectivity index (χ2n) is 6.52. The second-order valence-corrected chi connectivity index (χ2v) is 6.52. The third kappa shape index (κ3) is 2.38. The number of carbonyl (C=O) groups is 1. The summed E-state index contributed by atoms with van der Waals surface area (Å²) in [5.74, 6) is -1.76. The molecule has 4 aromatic rings. The van der Waals surface area contributed by atoms with Crippen molar-refractivity contribution >= 4 is 17.4 Å². The lowest BCUT2D eigenvalue weighted by molar-refractivity contribution is -0.116. The van der Waals surface area contributed by atoms with Crippen LogP contribution < -0.4 is 5.32 Å². The van der Waals surface area contributed by atoms with E-state index in [1.807, 2.05) is 0 Å². The highest BCUT2D eigenvalue weighted by molar-refractivity contribution is 5.95. The van der Waals surface area contributed by atoms with Gasteiger partial charge in [0.2, 0.25) is 5.91 Å². The van der Waals surface area contributed by atoms with Gasteiger partial charge in [-0.25, -0.2) is 8.78 Å². The Balaban J connectivity index is 1.71. The smallest absolute Gasteiger partial charge is 0.226 e. The molecular formula is C18H13F2N7O. The summed E-state index contributed by atoms with van der Waals surface area (Å²) >= 11 is 0. The van der Waals surface area contributed by atoms with Crippen LogP contribution in [-0.4, -0.2) is 35.5 Å². The Morgan fingerprint density at radius 2 is 1.89 bits per heavy atom. The van der Waals surface area contributed by atoms with Gasteiger partial charge >= 0.3 is 0 Å². The SMILES string of the molecule is Cc1nn(-c2ccc3nncn3n2)c2c1C(c1c(F)cccc1F)CC(=O)N2. The van der Waals surface area contributed by atoms with E-state index in [2.05, 4.69) is 25.7 Å². The van der Waals surface area contributed by atoms with E-state index in [0.29, 0.717) is 28.5 Å². The molecule has 0 spiro atoms. The van der Waals surface area contributed by atoms with Gasteiger partial charge in [-0.15, -0.1) is 15.3 Å². The standard InChI is InChI=1S/C18H13F2N7O/c1-9-16-10(17-11(19)3-2-4-12(17)20)7-15(28)22-18(16)27(24-9)14-6-5-13-23-21-8-26(13)25-14/h2-6,8,10H,7H2,1H3,(H,22,28). The molecule has 0 aliphatic carbocycles. The van der Waals surface area contributed by atoms with Crippen LogP contribution in [-0.2, 0) is 4.79 Å². The van der Waals surface area contributed by atoms with E-state index >= 15 is 0 Å². The van der Waals surface area contributed by atoms with Crippen LogP contribution in [0.1, 0.15) is 29.2 Å². The number of aromatic nitrogens is 6. The number of anilines is 1. The molecule has 140 valence electrons. The Bertz CT molecular complexity index is 1230. The first-order valence-electron chi connectivity index (χ1n) is 8.53. The van der Waals surface area contributed by atoms with Crippen LogP contribution in [0, 0.1) is 18.6 Å². The fourth-order valence-electron chi connectivity index (χ4n) is 3.63. The number of fused-ring (bicyclic) bond motifs is 2. The number of nitrogens with one attached hydrogen (secondary N) is 1. The van der Waals surface area contributed by atoms with Gasteiger partial charge in [0.1, 0.15) is 23.8 Å². The minimum Gasteiger partial charge on any atom is -0.310 e. The zero-order chi connectivity index (χ0) is 19.4. The number of benzene rings is 1. The molecule has 0 saturated carbocycles. The van der Waals surface area contributed by atoms with Crippen molar-refractivity contribution in [2.45, 2.75) is 19.3 Å². The topological polar surface area (TPSA) is 90.0 Å². The molecule has 8 nitrogen and oxygen atoms in total. The summed E-state index contributed by atoms with van der Waals surface area (Å²) < 4.78 is 31.8. The van der Waals surface area contributed by atoms with Crippen molar-refractivity contribution in [2.75, 3.05) is 5.32 Å². The van der Waals surface area contributed by atoms with Gasteiger partial charge in [-0.3, -0.25) is 4.79 Å². The van der Waals surface area contributed by atoms with Crippen molar-refractivity contribution in [3.8, 4) is 5.82 Å². The molecule has 0 bridgehead atoms. The molecule has 5 rings (SSSR count). The fourth-order valence-corrected chi connectivity index (χ4v) is 3.63. The number of rotatable bonds is 2. The van der Waals surface area contributed by atoms with Crippen LogP contribution in [0.4, 0.5) is 14.6 Å². The van der Waals surface area contributed by atoms with E-state index in [4.69, 9.17) is 0 Å². The maximum Gasteiger partial charge on any atom is 0.226 e. The molecule has 0 saturated heterocycles. The van der Waals surface area contributed by atoms with Crippen LogP contribution in [0.2, 0.25) is 0 Å². The minimum absolute atomic E-state index is 0.0741. The monoisotopic (exact) mass is 381 g/mol. The second kappa shape index (κ2) is 5.91. The number of hydrogen-bond acceptors (Lipinski definition) is 5. The van der Waals surface area contributed by atoms with Gasteiger partial charge < -0.3 is 5.32 Å². The van der Waals surface area contributed by atoms with Gasteiger partial charge in [0, 0.05) is 23.5 Å². The third-order valence-electron chi connectivity index (χ3n) is 4.82. The predicted molar refractivity (Wildman–Crippen MR) is 94.1 cm³/mol. The van der Waals surface area contributed by atoms with E-state index in [1.165, 1.54) is 33.7 Å². The lowest BCUT2D eigenvalue weighted by atomic mass is 9.85. The Labute approximate surface area is 156 Å². The summed E-state index contributed by atoms with van der Waals surface area (Å²) in [5, 5.41) is 19.3. The molecule has 0 radical (unpaired) electrons. The minimum atomic E-state index is -0.780. The van der Waals surface area contributed by atoms with E-state index in [1.54, 1.807) is 19.1 Å². The molecule has 3 aromatic heterocycles. The van der Waals surface area contributed by atoms with Crippen molar-refractivity contribution < 1.29 is 13.6 Å². The number of nitrogens with zero attached hydrogens (tertiary/aromatic N) is 6. The molecule has 0 fully saturated rings. The van der Waals surface area contributed by atoms with Crippen LogP contribution in [0.5, 0.6) is 0 Å². The molecule has 28 heavy (non-hydrogen) atoms. The number of amides is 1. The maximum atomic E-state index is 14.4. The molecule has 1 aliphatic heterocycles. The zero-order valence-corrected chi connectivity index (χ0v) is 14.6. The van der Waals surface area contributed by atoms with Crippen molar-refractivity contribution in [3.63, 3.8) is 0 Å². The van der Waals surface area contributed by atoms with E-state index in [-0.39, 0.29) is 17.9 Å². The predicted octanol–water partition coefficient (Wildman–Crippen LogP) is 2.37. The van der Waals surface area contributed by atoms with Gasteiger partial charge in [-0.05, 0) is 31.2 Å². The Hall–Kier alpha value is -3.69. The quantitative estimate of drug-likeness (QED) is 0.576. The Morgan fingerprint density at radius 1 is 1.11 bits per heavy atom. The van der Waals surface area contributed by atoms with Crippen molar-refractivity contribution in [1.82, 2.24) is 29.6 Å². The van der Waals surface area contributed by atoms with E-state index in [9.17, 15) is 13.6 Å². The Morgan fingerprint density at radius 3 is 2.68 bits per heavy atom. The largest absolute Gasteiger partial charge is 0.310 e. The zero-order valence-electron chi connectivity index (χ0n) is 14.6. The summed E-state index contributed by atoms with van der Waals surface area (Å²) in [6.07, 6.45) is 1.37. The first kappa shape index (κ1) is 16.5. The van der Waals surface area contributed by atoms with Gasteiger partial charge in [0.05, 0.1) is 5.69 Å². The van der Waals surface area contributed by atoms with Crippen molar-refractivity contribution in [1.29, 1.82) is 0 Å². The number of hydrogen-bond donors (Lipinski definition) is 1. The first-order chi connectivity index (χ1) is 13.5. The van der Waals surface area contributed by atoms with Crippen LogP contribution in [0.25, 0.3) is 11.5 Å². The third-order valence-corrected chi connectivity index (χ3v) is 4.82. The van der Waals surface area contributed by atoms with Crippen LogP contribution in [0.15, 0.2) is 36.7 Å². The van der Waals surface area contributed by atoms with Gasteiger partial charge in [0.25, 0.3) is 0 Å². The van der Waals surface area contributed by atoms with E-state index in [0.717, 1.165) is 0 Å². The molecular weight excluding hydrogens is 368 g/mol. The van der Waals surface area contributed by atoms with E-state index < -0.39 is 17.6 Å². The summed E-state index contributed by atoms with van der Waals surface area (Å²) in [7, 11) is 0. The number of carbonyl (C=O) groups excluding carboxylic acids is 1. The maximum absolute atomic E-state index is 14.4. The highest BCUT2D eigenvalue weighted by Crippen LogP contribution is 2.41. The summed E-state index contributed by atoms with van der Waals surface area (Å²) in [6.45, 7) is 1.73. The first-order valence-corrected chi connectivity index (χ1v) is 8.53. The average molecular weight is 381 g/mol. The molecule has 1 atom stereocenters. The van der Waals surface area contributed by atoms with Crippen molar-refractivity contribution in [3.05, 3.63) is 65.1 Å². The molecule has 1 aromatic carbocycles. The highest BCUT2D eigenvalue weighted by Gasteiger charge is 2.35. The lowest BCUT2D eigenvalue weighted by Gasteiger charge is -2.24. The number of halogens is 2. The molecule has 1 unspecified atom stereocenters. The summed E-state index contributed by atoms with van der Waals surface area (Å²) in [4.78, 5) is 12.4.